The molecule has 18 heavy (non-hydrogen) atoms. The summed E-state index contributed by atoms with van der Waals surface area (Å²) in [5.74, 6) is -1.76. The van der Waals surface area contributed by atoms with Crippen molar-refractivity contribution in [2.75, 3.05) is 0 Å². The summed E-state index contributed by atoms with van der Waals surface area (Å²) < 4.78 is 4.75. The van der Waals surface area contributed by atoms with Crippen molar-refractivity contribution < 1.29 is 19.4 Å². The Balaban J connectivity index is 3.68. The van der Waals surface area contributed by atoms with Crippen LogP contribution in [0.15, 0.2) is 12.7 Å². The third-order valence-corrected chi connectivity index (χ3v) is 2.77. The number of aliphatic carboxylic acids is 1. The van der Waals surface area contributed by atoms with Gasteiger partial charge < -0.3 is 9.84 Å². The molecule has 4 heteroatoms. The van der Waals surface area contributed by atoms with Crippen molar-refractivity contribution in [3.63, 3.8) is 0 Å². The molecule has 0 aliphatic heterocycles. The molecule has 0 fully saturated rings. The highest BCUT2D eigenvalue weighted by atomic mass is 16.6. The van der Waals surface area contributed by atoms with Gasteiger partial charge in [-0.05, 0) is 12.8 Å². The number of unbranched alkanes of at least 4 members (excludes halogenated alkanes) is 6. The zero-order chi connectivity index (χ0) is 13.8. The molecule has 0 aliphatic rings. The van der Waals surface area contributed by atoms with Gasteiger partial charge in [-0.2, -0.15) is 0 Å². The van der Waals surface area contributed by atoms with Crippen LogP contribution in [0.25, 0.3) is 0 Å². The molecule has 0 aromatic heterocycles. The van der Waals surface area contributed by atoms with E-state index >= 15 is 0 Å². The fourth-order valence-electron chi connectivity index (χ4n) is 1.71. The fourth-order valence-corrected chi connectivity index (χ4v) is 1.71. The van der Waals surface area contributed by atoms with Crippen LogP contribution in [0.5, 0.6) is 0 Å². The van der Waals surface area contributed by atoms with Gasteiger partial charge in [0, 0.05) is 6.08 Å². The normalized spacial score (nSPS) is 11.8. The van der Waals surface area contributed by atoms with Crippen molar-refractivity contribution in [1.29, 1.82) is 0 Å². The highest BCUT2D eigenvalue weighted by Crippen LogP contribution is 2.11. The SMILES string of the molecule is C=CC(=O)OC(CCCCCCCCC)C(=O)O. The largest absolute Gasteiger partial charge is 0.479 e. The summed E-state index contributed by atoms with van der Waals surface area (Å²) in [4.78, 5) is 21.8. The van der Waals surface area contributed by atoms with Gasteiger partial charge in [0.2, 0.25) is 0 Å². The van der Waals surface area contributed by atoms with Gasteiger partial charge in [-0.25, -0.2) is 9.59 Å². The molecule has 0 radical (unpaired) electrons. The summed E-state index contributed by atoms with van der Waals surface area (Å²) in [6.45, 7) is 5.42. The lowest BCUT2D eigenvalue weighted by Gasteiger charge is -2.12. The van der Waals surface area contributed by atoms with Crippen molar-refractivity contribution >= 4 is 11.9 Å². The van der Waals surface area contributed by atoms with Crippen LogP contribution < -0.4 is 0 Å². The monoisotopic (exact) mass is 256 g/mol. The molecule has 1 unspecified atom stereocenters. The molecule has 0 amide bonds. The van der Waals surface area contributed by atoms with Gasteiger partial charge in [-0.1, -0.05) is 52.0 Å². The predicted octanol–water partition coefficient (Wildman–Crippen LogP) is 3.31. The number of hydrogen-bond acceptors (Lipinski definition) is 3. The van der Waals surface area contributed by atoms with E-state index < -0.39 is 18.0 Å². The van der Waals surface area contributed by atoms with Gasteiger partial charge >= 0.3 is 11.9 Å². The lowest BCUT2D eigenvalue weighted by molar-refractivity contribution is -0.161. The van der Waals surface area contributed by atoms with E-state index in [9.17, 15) is 9.59 Å². The summed E-state index contributed by atoms with van der Waals surface area (Å²) in [5.41, 5.74) is 0. The topological polar surface area (TPSA) is 63.6 Å². The predicted molar refractivity (Wildman–Crippen MR) is 70.3 cm³/mol. The van der Waals surface area contributed by atoms with E-state index in [2.05, 4.69) is 13.5 Å². The highest BCUT2D eigenvalue weighted by molar-refractivity contribution is 5.84. The zero-order valence-electron chi connectivity index (χ0n) is 11.2. The molecule has 0 rings (SSSR count). The first-order chi connectivity index (χ1) is 8.61. The second-order valence-electron chi connectivity index (χ2n) is 4.38. The molecular weight excluding hydrogens is 232 g/mol. The molecule has 0 saturated heterocycles. The lowest BCUT2D eigenvalue weighted by Crippen LogP contribution is -2.26. The Morgan fingerprint density at radius 2 is 1.72 bits per heavy atom. The Morgan fingerprint density at radius 3 is 2.22 bits per heavy atom. The molecule has 0 aromatic rings. The number of carbonyl (C=O) groups excluding carboxylic acids is 1. The maximum absolute atomic E-state index is 10.9. The van der Waals surface area contributed by atoms with Gasteiger partial charge in [0.15, 0.2) is 6.10 Å². The maximum atomic E-state index is 10.9. The van der Waals surface area contributed by atoms with Gasteiger partial charge in [-0.15, -0.1) is 0 Å². The first-order valence-corrected chi connectivity index (χ1v) is 6.67. The Kier molecular flexibility index (Phi) is 10.0. The molecular formula is C14H24O4. The molecule has 1 N–H and O–H groups in total. The Bertz CT molecular complexity index is 261. The number of hydrogen-bond donors (Lipinski definition) is 1. The first kappa shape index (κ1) is 16.7. The number of ether oxygens (including phenoxy) is 1. The van der Waals surface area contributed by atoms with Gasteiger partial charge in [-0.3, -0.25) is 0 Å². The van der Waals surface area contributed by atoms with Gasteiger partial charge in [0.1, 0.15) is 0 Å². The van der Waals surface area contributed by atoms with E-state index in [1.807, 2.05) is 0 Å². The van der Waals surface area contributed by atoms with Crippen LogP contribution in [-0.2, 0) is 14.3 Å². The summed E-state index contributed by atoms with van der Waals surface area (Å²) in [6.07, 6.45) is 8.11. The van der Waals surface area contributed by atoms with Crippen molar-refractivity contribution in [2.24, 2.45) is 0 Å². The van der Waals surface area contributed by atoms with Crippen LogP contribution in [0, 0.1) is 0 Å². The quantitative estimate of drug-likeness (QED) is 0.350. The fraction of sp³-hybridized carbons (Fsp3) is 0.714. The molecule has 104 valence electrons. The van der Waals surface area contributed by atoms with Crippen LogP contribution in [0.4, 0.5) is 0 Å². The second-order valence-corrected chi connectivity index (χ2v) is 4.38. The second kappa shape index (κ2) is 10.8. The summed E-state index contributed by atoms with van der Waals surface area (Å²) in [5, 5.41) is 8.88. The number of carbonyl (C=O) groups is 2. The van der Waals surface area contributed by atoms with Crippen LogP contribution in [0.1, 0.15) is 58.3 Å². The number of carboxylic acid groups (broad SMARTS) is 1. The molecule has 0 aromatic carbocycles. The molecule has 0 aliphatic carbocycles. The van der Waals surface area contributed by atoms with Gasteiger partial charge in [0.05, 0.1) is 0 Å². The summed E-state index contributed by atoms with van der Waals surface area (Å²) in [7, 11) is 0. The average Bonchev–Trinajstić information content (AvgIpc) is 2.35. The Hall–Kier alpha value is -1.32. The van der Waals surface area contributed by atoms with Gasteiger partial charge in [0.25, 0.3) is 0 Å². The van der Waals surface area contributed by atoms with Crippen molar-refractivity contribution in [3.05, 3.63) is 12.7 Å². The average molecular weight is 256 g/mol. The van der Waals surface area contributed by atoms with E-state index in [0.717, 1.165) is 25.3 Å². The molecule has 0 bridgehead atoms. The van der Waals surface area contributed by atoms with E-state index in [1.165, 1.54) is 25.7 Å². The van der Waals surface area contributed by atoms with Crippen LogP contribution >= 0.6 is 0 Å². The Morgan fingerprint density at radius 1 is 1.17 bits per heavy atom. The minimum Gasteiger partial charge on any atom is -0.479 e. The van der Waals surface area contributed by atoms with Crippen molar-refractivity contribution in [2.45, 2.75) is 64.4 Å². The smallest absolute Gasteiger partial charge is 0.345 e. The third kappa shape index (κ3) is 8.79. The van der Waals surface area contributed by atoms with Crippen LogP contribution in [0.2, 0.25) is 0 Å². The van der Waals surface area contributed by atoms with Crippen LogP contribution in [0.3, 0.4) is 0 Å². The number of carboxylic acids is 1. The lowest BCUT2D eigenvalue weighted by atomic mass is 10.1. The molecule has 4 nitrogen and oxygen atoms in total. The minimum absolute atomic E-state index is 0.378. The van der Waals surface area contributed by atoms with E-state index in [1.54, 1.807) is 0 Å². The van der Waals surface area contributed by atoms with Crippen molar-refractivity contribution in [3.8, 4) is 0 Å². The van der Waals surface area contributed by atoms with E-state index in [4.69, 9.17) is 9.84 Å². The standard InChI is InChI=1S/C14H24O4/c1-3-5-6-7-8-9-10-11-12(14(16)17)18-13(15)4-2/h4,12H,2-3,5-11H2,1H3,(H,16,17). The number of rotatable bonds is 11. The van der Waals surface area contributed by atoms with E-state index in [-0.39, 0.29) is 0 Å². The molecule has 0 saturated carbocycles. The summed E-state index contributed by atoms with van der Waals surface area (Å²) in [6, 6.07) is 0. The maximum Gasteiger partial charge on any atom is 0.345 e. The van der Waals surface area contributed by atoms with E-state index in [0.29, 0.717) is 6.42 Å². The minimum atomic E-state index is -1.09. The summed E-state index contributed by atoms with van der Waals surface area (Å²) >= 11 is 0. The third-order valence-electron chi connectivity index (χ3n) is 2.77. The van der Waals surface area contributed by atoms with Crippen LogP contribution in [-0.4, -0.2) is 23.1 Å². The van der Waals surface area contributed by atoms with Crippen molar-refractivity contribution in [1.82, 2.24) is 0 Å². The first-order valence-electron chi connectivity index (χ1n) is 6.67. The highest BCUT2D eigenvalue weighted by Gasteiger charge is 2.20. The molecule has 0 heterocycles. The Labute approximate surface area is 109 Å². The molecule has 1 atom stereocenters. The number of esters is 1. The zero-order valence-corrected chi connectivity index (χ0v) is 11.2. The molecule has 0 spiro atoms.